The standard InChI is InChI=1S/C48H34ClNSi/c49-39-31-37(35-16-6-1-7-17-35)30-38(32-39)36-26-28-45-46-34-42(50(40-18-8-2-9-19-40)41-20-10-3-11-21-41)27-29-47(46)51(48(45)33-36,43-22-12-4-13-23-43)44-24-14-5-15-25-44/h1-34H. The first-order chi connectivity index (χ1) is 25.2. The van der Waals surface area contributed by atoms with Gasteiger partial charge in [-0.1, -0.05) is 163 Å². The topological polar surface area (TPSA) is 3.24 Å². The van der Waals surface area contributed by atoms with Crippen LogP contribution in [-0.2, 0) is 0 Å². The lowest BCUT2D eigenvalue weighted by atomic mass is 9.97. The Morgan fingerprint density at radius 1 is 0.333 bits per heavy atom. The normalized spacial score (nSPS) is 12.6. The van der Waals surface area contributed by atoms with Crippen LogP contribution in [0.4, 0.5) is 17.1 Å². The van der Waals surface area contributed by atoms with Gasteiger partial charge in [-0.3, -0.25) is 0 Å². The third kappa shape index (κ3) is 5.41. The van der Waals surface area contributed by atoms with Crippen LogP contribution in [0.5, 0.6) is 0 Å². The molecule has 0 fully saturated rings. The van der Waals surface area contributed by atoms with E-state index in [1.165, 1.54) is 37.4 Å². The number of para-hydroxylation sites is 2. The molecule has 8 aromatic rings. The smallest absolute Gasteiger partial charge is 0.180 e. The number of hydrogen-bond donors (Lipinski definition) is 0. The molecule has 0 aromatic heterocycles. The van der Waals surface area contributed by atoms with E-state index in [4.69, 9.17) is 11.6 Å². The molecule has 0 bridgehead atoms. The largest absolute Gasteiger partial charge is 0.310 e. The Bertz CT molecular complexity index is 2390. The van der Waals surface area contributed by atoms with Gasteiger partial charge in [-0.15, -0.1) is 0 Å². The van der Waals surface area contributed by atoms with Crippen LogP contribution in [-0.4, -0.2) is 8.07 Å². The monoisotopic (exact) mass is 687 g/mol. The van der Waals surface area contributed by atoms with Gasteiger partial charge in [-0.25, -0.2) is 0 Å². The number of anilines is 3. The van der Waals surface area contributed by atoms with Gasteiger partial charge < -0.3 is 4.90 Å². The molecule has 242 valence electrons. The summed E-state index contributed by atoms with van der Waals surface area (Å²) >= 11 is 6.84. The fourth-order valence-electron chi connectivity index (χ4n) is 7.96. The summed E-state index contributed by atoms with van der Waals surface area (Å²) in [7, 11) is -2.75. The predicted molar refractivity (Wildman–Crippen MR) is 220 cm³/mol. The second-order valence-electron chi connectivity index (χ2n) is 13.1. The van der Waals surface area contributed by atoms with Gasteiger partial charge in [0.05, 0.1) is 0 Å². The molecule has 0 amide bonds. The predicted octanol–water partition coefficient (Wildman–Crippen LogP) is 10.5. The Kier molecular flexibility index (Phi) is 7.97. The third-order valence-corrected chi connectivity index (χ3v) is 15.2. The maximum absolute atomic E-state index is 6.84. The van der Waals surface area contributed by atoms with E-state index in [0.717, 1.165) is 38.8 Å². The van der Waals surface area contributed by atoms with Gasteiger partial charge in [0.1, 0.15) is 0 Å². The molecule has 1 aliphatic heterocycles. The zero-order valence-electron chi connectivity index (χ0n) is 28.0. The van der Waals surface area contributed by atoms with Crippen molar-refractivity contribution in [2.75, 3.05) is 4.90 Å². The van der Waals surface area contributed by atoms with Crippen LogP contribution in [0.25, 0.3) is 33.4 Å². The average molecular weight is 688 g/mol. The fourth-order valence-corrected chi connectivity index (χ4v) is 13.4. The van der Waals surface area contributed by atoms with Gasteiger partial charge in [-0.05, 0) is 109 Å². The molecule has 3 heteroatoms. The summed E-state index contributed by atoms with van der Waals surface area (Å²) in [6.45, 7) is 0. The fraction of sp³-hybridized carbons (Fsp3) is 0. The van der Waals surface area contributed by atoms with Gasteiger partial charge in [0.2, 0.25) is 0 Å². The Labute approximate surface area is 305 Å². The van der Waals surface area contributed by atoms with Gasteiger partial charge in [0, 0.05) is 22.1 Å². The van der Waals surface area contributed by atoms with Crippen molar-refractivity contribution < 1.29 is 0 Å². The van der Waals surface area contributed by atoms with E-state index in [1.807, 2.05) is 0 Å². The number of nitrogens with zero attached hydrogens (tertiary/aromatic N) is 1. The minimum Gasteiger partial charge on any atom is -0.310 e. The summed E-state index contributed by atoms with van der Waals surface area (Å²) < 4.78 is 0. The number of fused-ring (bicyclic) bond motifs is 3. The van der Waals surface area contributed by atoms with E-state index in [-0.39, 0.29) is 0 Å². The van der Waals surface area contributed by atoms with Crippen LogP contribution < -0.4 is 25.6 Å². The van der Waals surface area contributed by atoms with Crippen molar-refractivity contribution in [1.82, 2.24) is 0 Å². The molecule has 0 unspecified atom stereocenters. The highest BCUT2D eigenvalue weighted by atomic mass is 35.5. The third-order valence-electron chi connectivity index (χ3n) is 10.2. The molecular formula is C48H34ClNSi. The van der Waals surface area contributed by atoms with Crippen LogP contribution in [0, 0.1) is 0 Å². The summed E-state index contributed by atoms with van der Waals surface area (Å²) in [5, 5.41) is 6.29. The Hall–Kier alpha value is -5.93. The van der Waals surface area contributed by atoms with Crippen molar-refractivity contribution in [1.29, 1.82) is 0 Å². The van der Waals surface area contributed by atoms with Crippen molar-refractivity contribution in [3.8, 4) is 33.4 Å². The van der Waals surface area contributed by atoms with Crippen molar-refractivity contribution in [2.24, 2.45) is 0 Å². The number of rotatable bonds is 7. The molecule has 51 heavy (non-hydrogen) atoms. The van der Waals surface area contributed by atoms with Crippen molar-refractivity contribution in [3.63, 3.8) is 0 Å². The van der Waals surface area contributed by atoms with Crippen LogP contribution in [0.2, 0.25) is 5.02 Å². The molecule has 0 aliphatic carbocycles. The van der Waals surface area contributed by atoms with Crippen molar-refractivity contribution >= 4 is 57.5 Å². The first kappa shape index (κ1) is 31.1. The van der Waals surface area contributed by atoms with E-state index in [2.05, 4.69) is 211 Å². The zero-order chi connectivity index (χ0) is 34.2. The highest BCUT2D eigenvalue weighted by Gasteiger charge is 2.49. The number of benzene rings is 8. The lowest BCUT2D eigenvalue weighted by Crippen LogP contribution is -2.72. The molecule has 8 aromatic carbocycles. The highest BCUT2D eigenvalue weighted by Crippen LogP contribution is 2.39. The molecule has 9 rings (SSSR count). The molecule has 0 spiro atoms. The highest BCUT2D eigenvalue weighted by molar-refractivity contribution is 7.22. The molecule has 1 heterocycles. The van der Waals surface area contributed by atoms with Crippen molar-refractivity contribution in [3.05, 3.63) is 211 Å². The van der Waals surface area contributed by atoms with E-state index in [9.17, 15) is 0 Å². The average Bonchev–Trinajstić information content (AvgIpc) is 3.49. The Balaban J connectivity index is 1.31. The number of halogens is 1. The molecule has 0 saturated heterocycles. The first-order valence-corrected chi connectivity index (χ1v) is 19.7. The van der Waals surface area contributed by atoms with E-state index >= 15 is 0 Å². The van der Waals surface area contributed by atoms with Crippen LogP contribution in [0.1, 0.15) is 0 Å². The van der Waals surface area contributed by atoms with Gasteiger partial charge in [0.25, 0.3) is 0 Å². The lowest BCUT2D eigenvalue weighted by molar-refractivity contribution is 1.29. The van der Waals surface area contributed by atoms with E-state index in [1.54, 1.807) is 0 Å². The minimum absolute atomic E-state index is 0.733. The maximum Gasteiger partial charge on any atom is 0.180 e. The second-order valence-corrected chi connectivity index (χ2v) is 17.2. The van der Waals surface area contributed by atoms with Crippen molar-refractivity contribution in [2.45, 2.75) is 0 Å². The summed E-state index contributed by atoms with van der Waals surface area (Å²) in [5.41, 5.74) is 10.5. The molecule has 1 nitrogen and oxygen atoms in total. The minimum atomic E-state index is -2.75. The van der Waals surface area contributed by atoms with E-state index in [0.29, 0.717) is 0 Å². The quantitative estimate of drug-likeness (QED) is 0.151. The molecule has 1 aliphatic rings. The van der Waals surface area contributed by atoms with E-state index < -0.39 is 8.07 Å². The SMILES string of the molecule is Clc1cc(-c2ccccc2)cc(-c2ccc3c(c2)[Si](c2ccccc2)(c2ccccc2)c2ccc(N(c4ccccc4)c4ccccc4)cc2-3)c1. The second kappa shape index (κ2) is 13.1. The van der Waals surface area contributed by atoms with Gasteiger partial charge in [-0.2, -0.15) is 0 Å². The Morgan fingerprint density at radius 2 is 0.843 bits per heavy atom. The molecular weight excluding hydrogens is 654 g/mol. The lowest BCUT2D eigenvalue weighted by Gasteiger charge is -2.32. The summed E-state index contributed by atoms with van der Waals surface area (Å²) in [5.74, 6) is 0. The molecule has 0 saturated carbocycles. The number of hydrogen-bond acceptors (Lipinski definition) is 1. The summed E-state index contributed by atoms with van der Waals surface area (Å²) in [4.78, 5) is 2.36. The molecule has 0 N–H and O–H groups in total. The molecule has 0 radical (unpaired) electrons. The van der Waals surface area contributed by atoms with Crippen LogP contribution in [0.15, 0.2) is 206 Å². The Morgan fingerprint density at radius 3 is 1.41 bits per heavy atom. The summed E-state index contributed by atoms with van der Waals surface area (Å²) in [6, 6.07) is 74.9. The zero-order valence-corrected chi connectivity index (χ0v) is 29.7. The first-order valence-electron chi connectivity index (χ1n) is 17.4. The van der Waals surface area contributed by atoms with Crippen LogP contribution in [0.3, 0.4) is 0 Å². The summed E-state index contributed by atoms with van der Waals surface area (Å²) in [6.07, 6.45) is 0. The molecule has 0 atom stereocenters. The maximum atomic E-state index is 6.84. The van der Waals surface area contributed by atoms with Gasteiger partial charge >= 0.3 is 0 Å². The van der Waals surface area contributed by atoms with Gasteiger partial charge in [0.15, 0.2) is 8.07 Å². The van der Waals surface area contributed by atoms with Crippen LogP contribution >= 0.6 is 11.6 Å².